The summed E-state index contributed by atoms with van der Waals surface area (Å²) in [5.41, 5.74) is 0. The molecule has 0 bridgehead atoms. The highest BCUT2D eigenvalue weighted by atomic mass is 31.2. The van der Waals surface area contributed by atoms with Gasteiger partial charge in [-0.3, -0.25) is 37.3 Å². The van der Waals surface area contributed by atoms with Crippen LogP contribution in [0.2, 0.25) is 0 Å². The van der Waals surface area contributed by atoms with E-state index in [2.05, 4.69) is 48.5 Å². The van der Waals surface area contributed by atoms with E-state index >= 15 is 0 Å². The van der Waals surface area contributed by atoms with Gasteiger partial charge in [0.1, 0.15) is 19.3 Å². The standard InChI is InChI=1S/C70H136O17P2/c1-8-9-10-34-44-51-67(72)80-57-65(86-70(75)54-47-40-33-27-26-30-37-43-50-63(6)7)59-84-88(76,77)82-55-64(71)56-83-89(78,79)85-60-66(58-81-68(73)52-45-38-31-24-21-17-19-23-29-36-42-49-62(4)5)87-69(74)53-46-39-32-25-20-16-14-12-11-13-15-18-22-28-35-41-48-61(2)3/h61-66,71H,8-60H2,1-7H3,(H,76,77)(H,78,79)/t64-,65+,66+/m0/s1. The van der Waals surface area contributed by atoms with Crippen LogP contribution < -0.4 is 0 Å². The Morgan fingerprint density at radius 3 is 0.764 bits per heavy atom. The Labute approximate surface area is 543 Å². The lowest BCUT2D eigenvalue weighted by atomic mass is 10.0. The van der Waals surface area contributed by atoms with Gasteiger partial charge in [0.05, 0.1) is 26.4 Å². The average Bonchev–Trinajstić information content (AvgIpc) is 3.51. The average molecular weight is 1310 g/mol. The topological polar surface area (TPSA) is 237 Å². The van der Waals surface area contributed by atoms with E-state index in [0.717, 1.165) is 114 Å². The van der Waals surface area contributed by atoms with E-state index < -0.39 is 97.5 Å². The zero-order valence-corrected chi connectivity index (χ0v) is 59.7. The van der Waals surface area contributed by atoms with Crippen molar-refractivity contribution in [3.8, 4) is 0 Å². The van der Waals surface area contributed by atoms with E-state index in [1.807, 2.05) is 0 Å². The molecule has 0 aliphatic heterocycles. The second kappa shape index (κ2) is 61.0. The third-order valence-corrected chi connectivity index (χ3v) is 18.0. The van der Waals surface area contributed by atoms with Gasteiger partial charge < -0.3 is 33.8 Å². The summed E-state index contributed by atoms with van der Waals surface area (Å²) in [4.78, 5) is 72.2. The molecule has 2 unspecified atom stereocenters. The van der Waals surface area contributed by atoms with Gasteiger partial charge in [0.25, 0.3) is 0 Å². The normalized spacial score (nSPS) is 14.2. The SMILES string of the molecule is CCCCCCCC(=O)OC[C@H](COP(=O)(O)OC[C@H](O)COP(=O)(O)OC[C@@H](COC(=O)CCCCCCCCCCCCCC(C)C)OC(=O)CCCCCCCCCCCCCCCCCCC(C)C)OC(=O)CCCCCCCCCCC(C)C. The van der Waals surface area contributed by atoms with Crippen LogP contribution in [0.3, 0.4) is 0 Å². The van der Waals surface area contributed by atoms with E-state index in [9.17, 15) is 43.2 Å². The minimum atomic E-state index is -4.95. The van der Waals surface area contributed by atoms with E-state index in [4.69, 9.17) is 37.0 Å². The van der Waals surface area contributed by atoms with Crippen LogP contribution in [0, 0.1) is 17.8 Å². The molecule has 0 radical (unpaired) electrons. The Balaban J connectivity index is 5.15. The molecule has 0 spiro atoms. The largest absolute Gasteiger partial charge is 0.472 e. The molecule has 0 aliphatic carbocycles. The maximum Gasteiger partial charge on any atom is 0.472 e. The molecule has 89 heavy (non-hydrogen) atoms. The first kappa shape index (κ1) is 87.1. The van der Waals surface area contributed by atoms with Crippen LogP contribution in [-0.4, -0.2) is 96.7 Å². The number of aliphatic hydroxyl groups is 1. The Morgan fingerprint density at radius 1 is 0.303 bits per heavy atom. The molecule has 19 heteroatoms. The number of esters is 4. The number of ether oxygens (including phenoxy) is 4. The van der Waals surface area contributed by atoms with Crippen LogP contribution in [-0.2, 0) is 65.4 Å². The Bertz CT molecular complexity index is 1750. The number of unbranched alkanes of at least 4 members (excludes halogenated alkanes) is 36. The number of phosphoric ester groups is 2. The predicted octanol–water partition coefficient (Wildman–Crippen LogP) is 19.8. The highest BCUT2D eigenvalue weighted by molar-refractivity contribution is 7.47. The number of phosphoric acid groups is 2. The fraction of sp³-hybridized carbons (Fsp3) is 0.943. The van der Waals surface area contributed by atoms with Crippen LogP contribution in [0.15, 0.2) is 0 Å². The lowest BCUT2D eigenvalue weighted by Gasteiger charge is -2.21. The van der Waals surface area contributed by atoms with Gasteiger partial charge in [-0.1, -0.05) is 299 Å². The van der Waals surface area contributed by atoms with Crippen LogP contribution in [0.1, 0.15) is 350 Å². The zero-order chi connectivity index (χ0) is 65.9. The molecular weight excluding hydrogens is 1170 g/mol. The first-order valence-corrected chi connectivity index (χ1v) is 39.3. The summed E-state index contributed by atoms with van der Waals surface area (Å²) in [6.07, 6.45) is 44.9. The number of aliphatic hydroxyl groups excluding tert-OH is 1. The molecule has 0 aliphatic rings. The quantitative estimate of drug-likeness (QED) is 0.0222. The Hall–Kier alpha value is -1.94. The van der Waals surface area contributed by atoms with E-state index in [-0.39, 0.29) is 25.7 Å². The van der Waals surface area contributed by atoms with Gasteiger partial charge in [-0.15, -0.1) is 0 Å². The van der Waals surface area contributed by atoms with Crippen LogP contribution >= 0.6 is 15.6 Å². The first-order chi connectivity index (χ1) is 42.7. The third kappa shape index (κ3) is 64.6. The number of carbonyl (C=O) groups is 4. The van der Waals surface area contributed by atoms with Gasteiger partial charge >= 0.3 is 39.5 Å². The third-order valence-electron chi connectivity index (χ3n) is 16.1. The van der Waals surface area contributed by atoms with Crippen molar-refractivity contribution in [3.05, 3.63) is 0 Å². The molecule has 17 nitrogen and oxygen atoms in total. The number of carbonyl (C=O) groups excluding carboxylic acids is 4. The van der Waals surface area contributed by atoms with Crippen molar-refractivity contribution in [2.75, 3.05) is 39.6 Å². The molecule has 0 aromatic rings. The summed E-state index contributed by atoms with van der Waals surface area (Å²) in [7, 11) is -9.89. The van der Waals surface area contributed by atoms with Gasteiger partial charge in [-0.25, -0.2) is 9.13 Å². The minimum absolute atomic E-state index is 0.103. The van der Waals surface area contributed by atoms with Crippen molar-refractivity contribution in [1.82, 2.24) is 0 Å². The first-order valence-electron chi connectivity index (χ1n) is 36.3. The fourth-order valence-electron chi connectivity index (χ4n) is 10.5. The lowest BCUT2D eigenvalue weighted by Crippen LogP contribution is -2.30. The number of hydrogen-bond donors (Lipinski definition) is 3. The van der Waals surface area contributed by atoms with Crippen LogP contribution in [0.4, 0.5) is 0 Å². The van der Waals surface area contributed by atoms with E-state index in [1.165, 1.54) is 154 Å². The van der Waals surface area contributed by atoms with Crippen molar-refractivity contribution >= 4 is 39.5 Å². The highest BCUT2D eigenvalue weighted by Gasteiger charge is 2.30. The highest BCUT2D eigenvalue weighted by Crippen LogP contribution is 2.45. The minimum Gasteiger partial charge on any atom is -0.462 e. The molecule has 0 aromatic carbocycles. The van der Waals surface area contributed by atoms with E-state index in [1.54, 1.807) is 0 Å². The molecule has 0 rings (SSSR count). The van der Waals surface area contributed by atoms with Gasteiger partial charge in [0, 0.05) is 25.7 Å². The van der Waals surface area contributed by atoms with Gasteiger partial charge in [0.2, 0.25) is 0 Å². The number of hydrogen-bond acceptors (Lipinski definition) is 15. The fourth-order valence-corrected chi connectivity index (χ4v) is 12.1. The van der Waals surface area contributed by atoms with Crippen molar-refractivity contribution in [2.45, 2.75) is 369 Å². The number of rotatable bonds is 68. The molecule has 0 amide bonds. The summed E-state index contributed by atoms with van der Waals surface area (Å²) in [5, 5.41) is 10.6. The van der Waals surface area contributed by atoms with Crippen LogP contribution in [0.5, 0.6) is 0 Å². The summed E-state index contributed by atoms with van der Waals surface area (Å²) in [6.45, 7) is 11.8. The molecule has 528 valence electrons. The summed E-state index contributed by atoms with van der Waals surface area (Å²) >= 11 is 0. The molecular formula is C70H136O17P2. The molecule has 0 fully saturated rings. The smallest absolute Gasteiger partial charge is 0.462 e. The molecule has 3 N–H and O–H groups in total. The van der Waals surface area contributed by atoms with Gasteiger partial charge in [-0.2, -0.15) is 0 Å². The summed E-state index contributed by atoms with van der Waals surface area (Å²) in [6, 6.07) is 0. The molecule has 0 saturated heterocycles. The zero-order valence-electron chi connectivity index (χ0n) is 57.9. The lowest BCUT2D eigenvalue weighted by molar-refractivity contribution is -0.161. The van der Waals surface area contributed by atoms with Crippen molar-refractivity contribution in [2.24, 2.45) is 17.8 Å². The molecule has 0 aromatic heterocycles. The van der Waals surface area contributed by atoms with Gasteiger partial charge in [-0.05, 0) is 43.4 Å². The monoisotopic (exact) mass is 1310 g/mol. The predicted molar refractivity (Wildman–Crippen MR) is 358 cm³/mol. The summed E-state index contributed by atoms with van der Waals surface area (Å²) < 4.78 is 68.0. The molecule has 0 saturated carbocycles. The van der Waals surface area contributed by atoms with Crippen molar-refractivity contribution in [1.29, 1.82) is 0 Å². The Morgan fingerprint density at radius 2 is 0.517 bits per heavy atom. The van der Waals surface area contributed by atoms with Crippen LogP contribution in [0.25, 0.3) is 0 Å². The second-order valence-corrected chi connectivity index (χ2v) is 29.6. The Kier molecular flexibility index (Phi) is 59.6. The maximum absolute atomic E-state index is 13.0. The van der Waals surface area contributed by atoms with Crippen molar-refractivity contribution < 1.29 is 80.2 Å². The molecule has 5 atom stereocenters. The molecule has 0 heterocycles. The summed E-state index contributed by atoms with van der Waals surface area (Å²) in [5.74, 6) is 0.160. The van der Waals surface area contributed by atoms with Gasteiger partial charge in [0.15, 0.2) is 12.2 Å². The van der Waals surface area contributed by atoms with Crippen molar-refractivity contribution in [3.63, 3.8) is 0 Å². The second-order valence-electron chi connectivity index (χ2n) is 26.7. The van der Waals surface area contributed by atoms with E-state index in [0.29, 0.717) is 25.7 Å². The maximum atomic E-state index is 13.0.